The molecule has 1 aliphatic rings. The lowest BCUT2D eigenvalue weighted by molar-refractivity contribution is 0.0980. The predicted molar refractivity (Wildman–Crippen MR) is 130 cm³/mol. The smallest absolute Gasteiger partial charge is 0.258 e. The number of halogens is 2. The lowest BCUT2D eigenvalue weighted by Gasteiger charge is -2.26. The fraction of sp³-hybridized carbons (Fsp3) is 0.200. The van der Waals surface area contributed by atoms with E-state index in [1.54, 1.807) is 36.4 Å². The Labute approximate surface area is 197 Å². The van der Waals surface area contributed by atoms with Gasteiger partial charge >= 0.3 is 0 Å². The summed E-state index contributed by atoms with van der Waals surface area (Å²) in [5, 5.41) is 3.55. The zero-order chi connectivity index (χ0) is 22.8. The average Bonchev–Trinajstić information content (AvgIpc) is 2.90. The number of carbonyl (C=O) groups excluding carboxylic acids is 2. The summed E-state index contributed by atoms with van der Waals surface area (Å²) < 4.78 is 0. The van der Waals surface area contributed by atoms with E-state index in [-0.39, 0.29) is 22.9 Å². The summed E-state index contributed by atoms with van der Waals surface area (Å²) in [6.45, 7) is 3.51. The van der Waals surface area contributed by atoms with E-state index >= 15 is 0 Å². The maximum atomic E-state index is 13.4. The zero-order valence-electron chi connectivity index (χ0n) is 17.8. The normalized spacial score (nSPS) is 16.2. The van der Waals surface area contributed by atoms with Crippen molar-refractivity contribution in [2.45, 2.75) is 19.5 Å². The second-order valence-corrected chi connectivity index (χ2v) is 8.81. The molecule has 1 heterocycles. The molecule has 0 aliphatic carbocycles. The minimum absolute atomic E-state index is 0.0711. The maximum absolute atomic E-state index is 13.4. The van der Waals surface area contributed by atoms with E-state index in [1.165, 1.54) is 6.07 Å². The van der Waals surface area contributed by atoms with Gasteiger partial charge in [-0.15, -0.1) is 0 Å². The van der Waals surface area contributed by atoms with Crippen molar-refractivity contribution in [3.63, 3.8) is 0 Å². The molecule has 164 valence electrons. The van der Waals surface area contributed by atoms with Gasteiger partial charge in [0.15, 0.2) is 0 Å². The van der Waals surface area contributed by atoms with Crippen molar-refractivity contribution < 1.29 is 9.59 Å². The van der Waals surface area contributed by atoms with Crippen LogP contribution in [-0.4, -0.2) is 36.3 Å². The number of hydrogen-bond donors (Lipinski definition) is 1. The summed E-state index contributed by atoms with van der Waals surface area (Å²) >= 11 is 12.0. The molecule has 0 aromatic heterocycles. The highest BCUT2D eigenvalue weighted by Crippen LogP contribution is 2.28. The van der Waals surface area contributed by atoms with Crippen LogP contribution in [0.15, 0.2) is 66.7 Å². The third-order valence-corrected chi connectivity index (χ3v) is 6.26. The quantitative estimate of drug-likeness (QED) is 0.535. The molecule has 3 aromatic rings. The molecular formula is C25H23Cl2N3O2. The summed E-state index contributed by atoms with van der Waals surface area (Å²) in [6.07, 6.45) is 0. The number of benzene rings is 3. The van der Waals surface area contributed by atoms with Gasteiger partial charge in [-0.2, -0.15) is 0 Å². The molecule has 1 N–H and O–H groups in total. The Kier molecular flexibility index (Phi) is 6.51. The Morgan fingerprint density at radius 2 is 1.72 bits per heavy atom. The van der Waals surface area contributed by atoms with Crippen LogP contribution in [0.3, 0.4) is 0 Å². The van der Waals surface area contributed by atoms with Gasteiger partial charge in [-0.05, 0) is 68.1 Å². The molecule has 1 unspecified atom stereocenters. The number of anilines is 2. The molecule has 32 heavy (non-hydrogen) atoms. The highest BCUT2D eigenvalue weighted by Gasteiger charge is 2.27. The molecule has 7 heteroatoms. The highest BCUT2D eigenvalue weighted by atomic mass is 35.5. The van der Waals surface area contributed by atoms with E-state index in [2.05, 4.69) is 30.3 Å². The number of nitrogens with zero attached hydrogens (tertiary/aromatic N) is 2. The van der Waals surface area contributed by atoms with Gasteiger partial charge in [0, 0.05) is 41.1 Å². The van der Waals surface area contributed by atoms with E-state index in [0.717, 1.165) is 17.8 Å². The zero-order valence-corrected chi connectivity index (χ0v) is 19.3. The van der Waals surface area contributed by atoms with Crippen molar-refractivity contribution in [3.05, 3.63) is 93.5 Å². The Morgan fingerprint density at radius 3 is 2.44 bits per heavy atom. The topological polar surface area (TPSA) is 52.7 Å². The van der Waals surface area contributed by atoms with Gasteiger partial charge < -0.3 is 10.2 Å². The first-order valence-corrected chi connectivity index (χ1v) is 11.1. The Bertz CT molecular complexity index is 1160. The molecule has 0 radical (unpaired) electrons. The van der Waals surface area contributed by atoms with Crippen LogP contribution in [0, 0.1) is 0 Å². The summed E-state index contributed by atoms with van der Waals surface area (Å²) in [5.41, 5.74) is 3.51. The van der Waals surface area contributed by atoms with Crippen LogP contribution in [-0.2, 0) is 6.54 Å². The van der Waals surface area contributed by atoms with Gasteiger partial charge in [0.2, 0.25) is 0 Å². The van der Waals surface area contributed by atoms with Crippen molar-refractivity contribution >= 4 is 46.4 Å². The van der Waals surface area contributed by atoms with Crippen molar-refractivity contribution in [2.75, 3.05) is 23.8 Å². The summed E-state index contributed by atoms with van der Waals surface area (Å²) in [5.74, 6) is -0.415. The van der Waals surface area contributed by atoms with Gasteiger partial charge in [0.05, 0.1) is 10.6 Å². The van der Waals surface area contributed by atoms with E-state index < -0.39 is 0 Å². The molecular weight excluding hydrogens is 445 g/mol. The third-order valence-electron chi connectivity index (χ3n) is 5.71. The molecule has 3 aromatic carbocycles. The van der Waals surface area contributed by atoms with Crippen LogP contribution in [0.2, 0.25) is 10.0 Å². The number of carbonyl (C=O) groups is 2. The van der Waals surface area contributed by atoms with E-state index in [4.69, 9.17) is 23.2 Å². The summed E-state index contributed by atoms with van der Waals surface area (Å²) in [7, 11) is 2.07. The number of rotatable bonds is 3. The van der Waals surface area contributed by atoms with Crippen molar-refractivity contribution in [1.82, 2.24) is 4.90 Å². The van der Waals surface area contributed by atoms with E-state index in [0.29, 0.717) is 28.4 Å². The van der Waals surface area contributed by atoms with Crippen molar-refractivity contribution in [3.8, 4) is 0 Å². The second kappa shape index (κ2) is 9.33. The Hall–Kier alpha value is -2.86. The van der Waals surface area contributed by atoms with Gasteiger partial charge in [0.25, 0.3) is 11.8 Å². The number of hydrogen-bond acceptors (Lipinski definition) is 3. The van der Waals surface area contributed by atoms with Crippen molar-refractivity contribution in [1.29, 1.82) is 0 Å². The largest absolute Gasteiger partial charge is 0.322 e. The van der Waals surface area contributed by atoms with E-state index in [1.807, 2.05) is 23.1 Å². The Morgan fingerprint density at radius 1 is 1.00 bits per heavy atom. The molecule has 0 saturated carbocycles. The first-order valence-electron chi connectivity index (χ1n) is 10.3. The number of amides is 2. The molecule has 1 aliphatic heterocycles. The fourth-order valence-electron chi connectivity index (χ4n) is 3.75. The number of fused-ring (bicyclic) bond motifs is 1. The van der Waals surface area contributed by atoms with Gasteiger partial charge in [-0.25, -0.2) is 0 Å². The van der Waals surface area contributed by atoms with Crippen LogP contribution in [0.1, 0.15) is 33.2 Å². The van der Waals surface area contributed by atoms with E-state index in [9.17, 15) is 9.59 Å². The number of para-hydroxylation sites is 1. The first kappa shape index (κ1) is 22.3. The van der Waals surface area contributed by atoms with Gasteiger partial charge in [0.1, 0.15) is 0 Å². The predicted octanol–water partition coefficient (Wildman–Crippen LogP) is 5.73. The van der Waals surface area contributed by atoms with Crippen LogP contribution in [0.5, 0.6) is 0 Å². The maximum Gasteiger partial charge on any atom is 0.258 e. The highest BCUT2D eigenvalue weighted by molar-refractivity contribution is 6.37. The van der Waals surface area contributed by atoms with Crippen LogP contribution in [0.4, 0.5) is 11.4 Å². The summed E-state index contributed by atoms with van der Waals surface area (Å²) in [6, 6.07) is 19.8. The van der Waals surface area contributed by atoms with Crippen LogP contribution in [0.25, 0.3) is 0 Å². The molecule has 0 fully saturated rings. The SMILES string of the molecule is CC1CN(C(=O)c2ccc(NC(=O)c3ccc(Cl)cc3Cl)cc2)c2ccccc2CN1C. The molecule has 4 rings (SSSR count). The number of likely N-dealkylation sites (N-methyl/N-ethyl adjacent to an activating group) is 1. The third kappa shape index (κ3) is 4.65. The number of nitrogens with one attached hydrogen (secondary N) is 1. The second-order valence-electron chi connectivity index (χ2n) is 7.96. The molecule has 5 nitrogen and oxygen atoms in total. The lowest BCUT2D eigenvalue weighted by Crippen LogP contribution is -2.40. The minimum atomic E-state index is -0.343. The summed E-state index contributed by atoms with van der Waals surface area (Å²) in [4.78, 5) is 30.0. The average molecular weight is 468 g/mol. The Balaban J connectivity index is 1.54. The molecule has 0 saturated heterocycles. The van der Waals surface area contributed by atoms with Crippen LogP contribution >= 0.6 is 23.2 Å². The molecule has 1 atom stereocenters. The standard InChI is InChI=1S/C25H23Cl2N3O2/c1-16-14-30(23-6-4-3-5-18(23)15-29(16)2)25(32)17-7-10-20(11-8-17)28-24(31)21-12-9-19(26)13-22(21)27/h3-13,16H,14-15H2,1-2H3,(H,28,31). The van der Waals surface area contributed by atoms with Gasteiger partial charge in [-0.3, -0.25) is 14.5 Å². The minimum Gasteiger partial charge on any atom is -0.322 e. The van der Waals surface area contributed by atoms with Gasteiger partial charge in [-0.1, -0.05) is 41.4 Å². The monoisotopic (exact) mass is 467 g/mol. The molecule has 0 bridgehead atoms. The molecule has 0 spiro atoms. The van der Waals surface area contributed by atoms with Crippen LogP contribution < -0.4 is 10.2 Å². The first-order chi connectivity index (χ1) is 15.3. The molecule has 2 amide bonds. The van der Waals surface area contributed by atoms with Crippen molar-refractivity contribution in [2.24, 2.45) is 0 Å². The fourth-order valence-corrected chi connectivity index (χ4v) is 4.24. The lowest BCUT2D eigenvalue weighted by atomic mass is 10.1.